The molecule has 0 spiro atoms. The number of rotatable bonds is 4. The second kappa shape index (κ2) is 6.22. The molecular formula is C16H17BrO2. The van der Waals surface area contributed by atoms with Crippen LogP contribution in [0.3, 0.4) is 0 Å². The Morgan fingerprint density at radius 3 is 2.68 bits per heavy atom. The number of ether oxygens (including phenoxy) is 1. The highest BCUT2D eigenvalue weighted by Gasteiger charge is 2.10. The van der Waals surface area contributed by atoms with Crippen LogP contribution in [0.4, 0.5) is 0 Å². The lowest BCUT2D eigenvalue weighted by molar-refractivity contribution is 0.195. The lowest BCUT2D eigenvalue weighted by Gasteiger charge is -2.14. The van der Waals surface area contributed by atoms with Gasteiger partial charge in [0.1, 0.15) is 11.5 Å². The Bertz CT molecular complexity index is 564. The average Bonchev–Trinajstić information content (AvgIpc) is 2.41. The summed E-state index contributed by atoms with van der Waals surface area (Å²) in [6.07, 6.45) is 0.405. The van der Waals surface area contributed by atoms with Gasteiger partial charge in [-0.1, -0.05) is 35.0 Å². The van der Waals surface area contributed by atoms with Crippen LogP contribution >= 0.6 is 15.9 Å². The fraction of sp³-hybridized carbons (Fsp3) is 0.250. The maximum absolute atomic E-state index is 9.81. The molecule has 0 bridgehead atoms. The zero-order valence-electron chi connectivity index (χ0n) is 11.1. The van der Waals surface area contributed by atoms with Gasteiger partial charge in [-0.05, 0) is 49.2 Å². The van der Waals surface area contributed by atoms with Gasteiger partial charge in [0.15, 0.2) is 0 Å². The van der Waals surface area contributed by atoms with E-state index >= 15 is 0 Å². The van der Waals surface area contributed by atoms with Gasteiger partial charge in [0.25, 0.3) is 0 Å². The number of halogens is 1. The molecule has 0 aliphatic rings. The Morgan fingerprint density at radius 1 is 1.21 bits per heavy atom. The summed E-state index contributed by atoms with van der Waals surface area (Å²) >= 11 is 3.41. The van der Waals surface area contributed by atoms with Crippen molar-refractivity contribution >= 4 is 15.9 Å². The van der Waals surface area contributed by atoms with Crippen molar-refractivity contribution in [3.05, 3.63) is 58.1 Å². The number of benzene rings is 2. The molecule has 2 aromatic rings. The minimum absolute atomic E-state index is 0.568. The van der Waals surface area contributed by atoms with Crippen LogP contribution in [0.25, 0.3) is 0 Å². The predicted molar refractivity (Wildman–Crippen MR) is 80.7 cm³/mol. The van der Waals surface area contributed by atoms with Crippen LogP contribution in [0.5, 0.6) is 11.5 Å². The van der Waals surface area contributed by atoms with Crippen molar-refractivity contribution in [1.82, 2.24) is 0 Å². The summed E-state index contributed by atoms with van der Waals surface area (Å²) in [5.41, 5.74) is 2.00. The summed E-state index contributed by atoms with van der Waals surface area (Å²) < 4.78 is 6.82. The zero-order chi connectivity index (χ0) is 13.8. The normalized spacial score (nSPS) is 12.2. The molecule has 0 aliphatic carbocycles. The van der Waals surface area contributed by atoms with Crippen LogP contribution in [-0.4, -0.2) is 5.11 Å². The van der Waals surface area contributed by atoms with Crippen LogP contribution in [0.2, 0.25) is 0 Å². The average molecular weight is 321 g/mol. The van der Waals surface area contributed by atoms with E-state index in [4.69, 9.17) is 4.74 Å². The van der Waals surface area contributed by atoms with Crippen LogP contribution in [-0.2, 0) is 6.42 Å². The van der Waals surface area contributed by atoms with Crippen molar-refractivity contribution in [3.8, 4) is 11.5 Å². The van der Waals surface area contributed by atoms with Crippen LogP contribution in [0.15, 0.2) is 46.9 Å². The summed E-state index contributed by atoms with van der Waals surface area (Å²) in [5.74, 6) is 1.48. The molecule has 0 aromatic heterocycles. The molecule has 0 saturated heterocycles. The second-order valence-corrected chi connectivity index (χ2v) is 5.38. The van der Waals surface area contributed by atoms with E-state index in [1.807, 2.05) is 36.4 Å². The van der Waals surface area contributed by atoms with Gasteiger partial charge in [-0.15, -0.1) is 0 Å². The third-order valence-corrected chi connectivity index (χ3v) is 3.45. The van der Waals surface area contributed by atoms with Gasteiger partial charge in [0.05, 0.1) is 6.10 Å². The molecule has 0 fully saturated rings. The number of aliphatic hydroxyl groups excluding tert-OH is 1. The van der Waals surface area contributed by atoms with E-state index in [0.29, 0.717) is 5.75 Å². The Morgan fingerprint density at radius 2 is 2.00 bits per heavy atom. The van der Waals surface area contributed by atoms with Gasteiger partial charge >= 0.3 is 0 Å². The highest BCUT2D eigenvalue weighted by atomic mass is 79.9. The number of hydrogen-bond donors (Lipinski definition) is 1. The lowest BCUT2D eigenvalue weighted by Crippen LogP contribution is -1.96. The zero-order valence-corrected chi connectivity index (χ0v) is 12.6. The summed E-state index contributed by atoms with van der Waals surface area (Å²) in [7, 11) is 0. The molecule has 0 radical (unpaired) electrons. The quantitative estimate of drug-likeness (QED) is 0.871. The highest BCUT2D eigenvalue weighted by Crippen LogP contribution is 2.32. The van der Waals surface area contributed by atoms with Crippen molar-refractivity contribution in [3.63, 3.8) is 0 Å². The van der Waals surface area contributed by atoms with E-state index in [0.717, 1.165) is 22.2 Å². The van der Waals surface area contributed by atoms with Crippen LogP contribution < -0.4 is 4.74 Å². The molecule has 0 heterocycles. The first-order valence-corrected chi connectivity index (χ1v) is 7.13. The minimum Gasteiger partial charge on any atom is -0.457 e. The fourth-order valence-corrected chi connectivity index (χ4v) is 2.27. The minimum atomic E-state index is -0.568. The third kappa shape index (κ3) is 3.58. The molecular weight excluding hydrogens is 304 g/mol. The molecule has 0 amide bonds. The Kier molecular flexibility index (Phi) is 4.61. The van der Waals surface area contributed by atoms with Gasteiger partial charge in [-0.3, -0.25) is 0 Å². The van der Waals surface area contributed by atoms with Gasteiger partial charge < -0.3 is 9.84 Å². The molecule has 0 saturated carbocycles. The number of aliphatic hydroxyl groups is 1. The first-order valence-electron chi connectivity index (χ1n) is 6.34. The molecule has 2 nitrogen and oxygen atoms in total. The number of aryl methyl sites for hydroxylation is 1. The van der Waals surface area contributed by atoms with Gasteiger partial charge in [-0.2, -0.15) is 0 Å². The predicted octanol–water partition coefficient (Wildman–Crippen LogP) is 4.86. The van der Waals surface area contributed by atoms with E-state index in [1.165, 1.54) is 5.56 Å². The molecule has 0 aliphatic heterocycles. The SMILES string of the molecule is CCc1cccc(Oc2ccc(Br)cc2C(C)O)c1. The van der Waals surface area contributed by atoms with Crippen molar-refractivity contribution in [2.45, 2.75) is 26.4 Å². The van der Waals surface area contributed by atoms with Gasteiger partial charge in [-0.25, -0.2) is 0 Å². The van der Waals surface area contributed by atoms with Gasteiger partial charge in [0, 0.05) is 10.0 Å². The first-order chi connectivity index (χ1) is 9.10. The van der Waals surface area contributed by atoms with E-state index in [9.17, 15) is 5.11 Å². The molecule has 1 atom stereocenters. The molecule has 19 heavy (non-hydrogen) atoms. The van der Waals surface area contributed by atoms with E-state index in [2.05, 4.69) is 28.9 Å². The Labute approximate surface area is 122 Å². The van der Waals surface area contributed by atoms with Crippen molar-refractivity contribution in [1.29, 1.82) is 0 Å². The summed E-state index contributed by atoms with van der Waals surface area (Å²) in [5, 5.41) is 9.81. The molecule has 2 aromatic carbocycles. The van der Waals surface area contributed by atoms with Crippen molar-refractivity contribution < 1.29 is 9.84 Å². The molecule has 1 N–H and O–H groups in total. The van der Waals surface area contributed by atoms with Crippen molar-refractivity contribution in [2.75, 3.05) is 0 Å². The van der Waals surface area contributed by atoms with E-state index in [-0.39, 0.29) is 0 Å². The topological polar surface area (TPSA) is 29.5 Å². The first kappa shape index (κ1) is 14.1. The summed E-state index contributed by atoms with van der Waals surface area (Å²) in [6, 6.07) is 13.7. The third-order valence-electron chi connectivity index (χ3n) is 2.96. The monoisotopic (exact) mass is 320 g/mol. The Hall–Kier alpha value is -1.32. The van der Waals surface area contributed by atoms with Crippen molar-refractivity contribution in [2.24, 2.45) is 0 Å². The standard InChI is InChI=1S/C16H17BrO2/c1-3-12-5-4-6-14(9-12)19-16-8-7-13(17)10-15(16)11(2)18/h4-11,18H,3H2,1-2H3. The second-order valence-electron chi connectivity index (χ2n) is 4.46. The van der Waals surface area contributed by atoms with Crippen LogP contribution in [0.1, 0.15) is 31.1 Å². The van der Waals surface area contributed by atoms with Gasteiger partial charge in [0.2, 0.25) is 0 Å². The smallest absolute Gasteiger partial charge is 0.133 e. The van der Waals surface area contributed by atoms with E-state index < -0.39 is 6.10 Å². The van der Waals surface area contributed by atoms with Crippen LogP contribution in [0, 0.1) is 0 Å². The maximum Gasteiger partial charge on any atom is 0.133 e. The largest absolute Gasteiger partial charge is 0.457 e. The summed E-state index contributed by atoms with van der Waals surface area (Å²) in [6.45, 7) is 3.84. The molecule has 2 rings (SSSR count). The van der Waals surface area contributed by atoms with E-state index in [1.54, 1.807) is 6.92 Å². The maximum atomic E-state index is 9.81. The summed E-state index contributed by atoms with van der Waals surface area (Å²) in [4.78, 5) is 0. The molecule has 1 unspecified atom stereocenters. The lowest BCUT2D eigenvalue weighted by atomic mass is 10.1. The number of hydrogen-bond acceptors (Lipinski definition) is 2. The highest BCUT2D eigenvalue weighted by molar-refractivity contribution is 9.10. The molecule has 3 heteroatoms. The molecule has 100 valence electrons. The Balaban J connectivity index is 2.32. The fourth-order valence-electron chi connectivity index (χ4n) is 1.89.